The maximum Gasteiger partial charge on any atom is 0.265 e. The van der Waals surface area contributed by atoms with E-state index in [4.69, 9.17) is 5.73 Å². The molecule has 1 aliphatic carbocycles. The van der Waals surface area contributed by atoms with Crippen LogP contribution < -0.4 is 11.1 Å². The van der Waals surface area contributed by atoms with E-state index in [1.165, 1.54) is 23.5 Å². The zero-order chi connectivity index (χ0) is 18.3. The summed E-state index contributed by atoms with van der Waals surface area (Å²) >= 11 is 1.30. The van der Waals surface area contributed by atoms with E-state index in [1.807, 2.05) is 0 Å². The number of carbonyl (C=O) groups excluding carboxylic acids is 2. The number of halogens is 1. The van der Waals surface area contributed by atoms with E-state index < -0.39 is 11.3 Å². The molecule has 0 unspecified atom stereocenters. The largest absolute Gasteiger partial charge is 0.364 e. The van der Waals surface area contributed by atoms with Gasteiger partial charge in [-0.25, -0.2) is 9.37 Å². The van der Waals surface area contributed by atoms with Crippen LogP contribution in [0.25, 0.3) is 11.3 Å². The van der Waals surface area contributed by atoms with Crippen molar-refractivity contribution in [2.24, 2.45) is 5.73 Å². The first-order valence-corrected chi connectivity index (χ1v) is 8.87. The lowest BCUT2D eigenvalue weighted by Crippen LogP contribution is -2.27. The molecule has 1 fully saturated rings. The Morgan fingerprint density at radius 3 is 2.62 bits per heavy atom. The molecule has 3 aromatic rings. The average molecular weight is 370 g/mol. The van der Waals surface area contributed by atoms with Crippen LogP contribution in [0.3, 0.4) is 0 Å². The summed E-state index contributed by atoms with van der Waals surface area (Å²) in [6, 6.07) is 7.66. The summed E-state index contributed by atoms with van der Waals surface area (Å²) in [4.78, 5) is 31.1. The maximum absolute atomic E-state index is 13.1. The lowest BCUT2D eigenvalue weighted by Gasteiger charge is -2.14. The first-order valence-electron chi connectivity index (χ1n) is 7.99. The number of rotatable bonds is 5. The fourth-order valence-corrected chi connectivity index (χ4v) is 3.62. The number of primary amides is 1. The lowest BCUT2D eigenvalue weighted by molar-refractivity contribution is -0.118. The number of amides is 2. The molecule has 4 rings (SSSR count). The number of aromatic amines is 1. The second kappa shape index (κ2) is 6.06. The van der Waals surface area contributed by atoms with Crippen LogP contribution in [0.4, 0.5) is 9.52 Å². The van der Waals surface area contributed by atoms with Crippen molar-refractivity contribution in [2.45, 2.75) is 18.3 Å². The highest BCUT2D eigenvalue weighted by Crippen LogP contribution is 2.49. The number of carbonyl (C=O) groups is 2. The molecule has 0 aliphatic heterocycles. The number of nitrogens with two attached hydrogens (primary N) is 1. The minimum atomic E-state index is -0.604. The summed E-state index contributed by atoms with van der Waals surface area (Å²) in [5, 5.41) is 5.12. The molecule has 1 aliphatic rings. The SMILES string of the molecule is NC(=O)c1cc(-c2csc(NC(=O)C3(c4ccc(F)cc4)CC3)n2)c[nH]1. The molecule has 2 aromatic heterocycles. The summed E-state index contributed by atoms with van der Waals surface area (Å²) in [7, 11) is 0. The first-order chi connectivity index (χ1) is 12.5. The van der Waals surface area contributed by atoms with Gasteiger partial charge in [0.05, 0.1) is 11.1 Å². The summed E-state index contributed by atoms with van der Waals surface area (Å²) < 4.78 is 13.1. The fourth-order valence-electron chi connectivity index (χ4n) is 2.91. The van der Waals surface area contributed by atoms with E-state index in [2.05, 4.69) is 15.3 Å². The molecule has 1 aromatic carbocycles. The number of thiazole rings is 1. The number of hydrogen-bond donors (Lipinski definition) is 3. The molecule has 0 bridgehead atoms. The molecule has 2 amide bonds. The van der Waals surface area contributed by atoms with Crippen LogP contribution in [0.5, 0.6) is 0 Å². The van der Waals surface area contributed by atoms with E-state index >= 15 is 0 Å². The Balaban J connectivity index is 1.51. The van der Waals surface area contributed by atoms with Crippen LogP contribution in [-0.4, -0.2) is 21.8 Å². The van der Waals surface area contributed by atoms with Crippen molar-refractivity contribution in [1.29, 1.82) is 0 Å². The number of anilines is 1. The zero-order valence-electron chi connectivity index (χ0n) is 13.6. The Kier molecular flexibility index (Phi) is 3.84. The van der Waals surface area contributed by atoms with Gasteiger partial charge in [-0.1, -0.05) is 12.1 Å². The molecule has 4 N–H and O–H groups in total. The summed E-state index contributed by atoms with van der Waals surface area (Å²) in [5.41, 5.74) is 7.09. The van der Waals surface area contributed by atoms with Gasteiger partial charge < -0.3 is 16.0 Å². The first kappa shape index (κ1) is 16.5. The van der Waals surface area contributed by atoms with Crippen LogP contribution in [-0.2, 0) is 10.2 Å². The third-order valence-corrected chi connectivity index (χ3v) is 5.31. The van der Waals surface area contributed by atoms with Crippen LogP contribution in [0.1, 0.15) is 28.9 Å². The predicted octanol–water partition coefficient (Wildman–Crippen LogP) is 3.05. The van der Waals surface area contributed by atoms with E-state index in [-0.39, 0.29) is 11.7 Å². The Morgan fingerprint density at radius 1 is 1.27 bits per heavy atom. The molecule has 0 atom stereocenters. The Hall–Kier alpha value is -3.00. The molecule has 0 saturated heterocycles. The highest BCUT2D eigenvalue weighted by atomic mass is 32.1. The number of nitrogens with one attached hydrogen (secondary N) is 2. The van der Waals surface area contributed by atoms with Crippen LogP contribution >= 0.6 is 11.3 Å². The van der Waals surface area contributed by atoms with Crippen molar-refractivity contribution < 1.29 is 14.0 Å². The molecule has 1 saturated carbocycles. The second-order valence-corrected chi connectivity index (χ2v) is 7.11. The van der Waals surface area contributed by atoms with Gasteiger partial charge in [0.25, 0.3) is 5.91 Å². The summed E-state index contributed by atoms with van der Waals surface area (Å²) in [6.45, 7) is 0. The van der Waals surface area contributed by atoms with Crippen molar-refractivity contribution in [2.75, 3.05) is 5.32 Å². The van der Waals surface area contributed by atoms with Crippen LogP contribution in [0.2, 0.25) is 0 Å². The molecule has 132 valence electrons. The van der Waals surface area contributed by atoms with Crippen molar-refractivity contribution in [1.82, 2.24) is 9.97 Å². The van der Waals surface area contributed by atoms with Gasteiger partial charge in [-0.2, -0.15) is 0 Å². The standard InChI is InChI=1S/C18H15FN4O2S/c19-12-3-1-11(2-4-12)18(5-6-18)16(25)23-17-22-14(9-26-17)10-7-13(15(20)24)21-8-10/h1-4,7-9,21H,5-6H2,(H2,20,24)(H,22,23,25). The lowest BCUT2D eigenvalue weighted by atomic mass is 9.95. The topological polar surface area (TPSA) is 101 Å². The number of benzene rings is 1. The molecule has 8 heteroatoms. The molecule has 0 spiro atoms. The molecule has 2 heterocycles. The summed E-state index contributed by atoms with van der Waals surface area (Å²) in [5.74, 6) is -1.01. The number of nitrogens with zero attached hydrogens (tertiary/aromatic N) is 1. The molecular formula is C18H15FN4O2S. The minimum Gasteiger partial charge on any atom is -0.364 e. The third-order valence-electron chi connectivity index (χ3n) is 4.55. The third kappa shape index (κ3) is 2.88. The van der Waals surface area contributed by atoms with Crippen molar-refractivity contribution in [3.05, 3.63) is 59.0 Å². The van der Waals surface area contributed by atoms with E-state index in [0.29, 0.717) is 16.5 Å². The van der Waals surface area contributed by atoms with Crippen LogP contribution in [0.15, 0.2) is 41.9 Å². The Labute approximate surface area is 152 Å². The van der Waals surface area contributed by atoms with Gasteiger partial charge in [0.2, 0.25) is 5.91 Å². The quantitative estimate of drug-likeness (QED) is 0.643. The highest BCUT2D eigenvalue weighted by molar-refractivity contribution is 7.14. The van der Waals surface area contributed by atoms with Crippen molar-refractivity contribution >= 4 is 28.3 Å². The minimum absolute atomic E-state index is 0.142. The highest BCUT2D eigenvalue weighted by Gasteiger charge is 2.51. The van der Waals surface area contributed by atoms with Gasteiger partial charge in [0, 0.05) is 17.1 Å². The second-order valence-electron chi connectivity index (χ2n) is 6.25. The van der Waals surface area contributed by atoms with Gasteiger partial charge in [0.1, 0.15) is 11.5 Å². The number of H-pyrrole nitrogens is 1. The number of hydrogen-bond acceptors (Lipinski definition) is 4. The van der Waals surface area contributed by atoms with Crippen molar-refractivity contribution in [3.63, 3.8) is 0 Å². The normalized spacial score (nSPS) is 14.8. The predicted molar refractivity (Wildman–Crippen MR) is 96.4 cm³/mol. The van der Waals surface area contributed by atoms with Crippen molar-refractivity contribution in [3.8, 4) is 11.3 Å². The Morgan fingerprint density at radius 2 is 2.00 bits per heavy atom. The zero-order valence-corrected chi connectivity index (χ0v) is 14.4. The van der Waals surface area contributed by atoms with Gasteiger partial charge >= 0.3 is 0 Å². The average Bonchev–Trinajstić information content (AvgIpc) is 3.05. The Bertz CT molecular complexity index is 989. The van der Waals surface area contributed by atoms with E-state index in [9.17, 15) is 14.0 Å². The number of aromatic nitrogens is 2. The van der Waals surface area contributed by atoms with Gasteiger partial charge in [-0.15, -0.1) is 11.3 Å². The smallest absolute Gasteiger partial charge is 0.265 e. The van der Waals surface area contributed by atoms with Gasteiger partial charge in [-0.3, -0.25) is 9.59 Å². The molecule has 26 heavy (non-hydrogen) atoms. The maximum atomic E-state index is 13.1. The van der Waals surface area contributed by atoms with Crippen LogP contribution in [0, 0.1) is 5.82 Å². The monoisotopic (exact) mass is 370 g/mol. The van der Waals surface area contributed by atoms with E-state index in [1.54, 1.807) is 29.8 Å². The van der Waals surface area contributed by atoms with Gasteiger partial charge in [0.15, 0.2) is 5.13 Å². The fraction of sp³-hybridized carbons (Fsp3) is 0.167. The molecular weight excluding hydrogens is 355 g/mol. The summed E-state index contributed by atoms with van der Waals surface area (Å²) in [6.07, 6.45) is 3.09. The van der Waals surface area contributed by atoms with E-state index in [0.717, 1.165) is 24.0 Å². The molecule has 0 radical (unpaired) electrons. The molecule has 6 nitrogen and oxygen atoms in total. The van der Waals surface area contributed by atoms with Gasteiger partial charge in [-0.05, 0) is 36.6 Å².